The zero-order valence-electron chi connectivity index (χ0n) is 17.9. The second kappa shape index (κ2) is 8.11. The SMILES string of the molecule is N#C[C@]1(Cn2ccnc2)C(C(=O)OC(c2ccccc2)c2ccccc2)N2C(=O)CC2S1(=O)=O. The quantitative estimate of drug-likeness (QED) is 0.393. The number of nitriles is 1. The van der Waals surface area contributed by atoms with Crippen LogP contribution in [0.3, 0.4) is 0 Å². The number of imidazole rings is 1. The van der Waals surface area contributed by atoms with E-state index >= 15 is 0 Å². The molecule has 1 amide bonds. The van der Waals surface area contributed by atoms with Crippen molar-refractivity contribution in [3.8, 4) is 6.07 Å². The molecule has 2 saturated heterocycles. The van der Waals surface area contributed by atoms with E-state index in [0.29, 0.717) is 11.1 Å². The normalized spacial score (nSPS) is 24.8. The lowest BCUT2D eigenvalue weighted by molar-refractivity contribution is -0.164. The first-order valence-electron chi connectivity index (χ1n) is 10.6. The Morgan fingerprint density at radius 1 is 1.15 bits per heavy atom. The van der Waals surface area contributed by atoms with Gasteiger partial charge >= 0.3 is 5.97 Å². The van der Waals surface area contributed by atoms with Crippen molar-refractivity contribution in [2.45, 2.75) is 35.2 Å². The lowest BCUT2D eigenvalue weighted by Crippen LogP contribution is -2.58. The maximum Gasteiger partial charge on any atom is 0.332 e. The number of aromatic nitrogens is 2. The van der Waals surface area contributed by atoms with Crippen LogP contribution in [0, 0.1) is 11.3 Å². The monoisotopic (exact) mass is 476 g/mol. The molecule has 0 spiro atoms. The van der Waals surface area contributed by atoms with E-state index in [-0.39, 0.29) is 13.0 Å². The number of carbonyl (C=O) groups is 2. The lowest BCUT2D eigenvalue weighted by Gasteiger charge is -2.36. The van der Waals surface area contributed by atoms with E-state index in [4.69, 9.17) is 4.74 Å². The molecule has 0 radical (unpaired) electrons. The zero-order valence-corrected chi connectivity index (χ0v) is 18.7. The highest BCUT2D eigenvalue weighted by atomic mass is 32.2. The number of sulfone groups is 1. The summed E-state index contributed by atoms with van der Waals surface area (Å²) in [6, 6.07) is 18.3. The molecule has 2 unspecified atom stereocenters. The second-order valence-electron chi connectivity index (χ2n) is 8.28. The van der Waals surface area contributed by atoms with Gasteiger partial charge in [-0.15, -0.1) is 0 Å². The van der Waals surface area contributed by atoms with Crippen molar-refractivity contribution in [2.24, 2.45) is 0 Å². The van der Waals surface area contributed by atoms with Crippen LogP contribution in [0.2, 0.25) is 0 Å². The molecule has 0 aliphatic carbocycles. The highest BCUT2D eigenvalue weighted by Crippen LogP contribution is 2.47. The van der Waals surface area contributed by atoms with Gasteiger partial charge in [-0.05, 0) is 11.1 Å². The van der Waals surface area contributed by atoms with Gasteiger partial charge < -0.3 is 14.2 Å². The van der Waals surface area contributed by atoms with E-state index in [9.17, 15) is 23.3 Å². The Morgan fingerprint density at radius 3 is 2.26 bits per heavy atom. The summed E-state index contributed by atoms with van der Waals surface area (Å²) in [6.45, 7) is -0.354. The Kier molecular flexibility index (Phi) is 5.21. The second-order valence-corrected chi connectivity index (χ2v) is 10.6. The smallest absolute Gasteiger partial charge is 0.332 e. The van der Waals surface area contributed by atoms with Crippen LogP contribution in [-0.4, -0.2) is 50.9 Å². The number of esters is 1. The van der Waals surface area contributed by atoms with E-state index in [1.54, 1.807) is 48.5 Å². The summed E-state index contributed by atoms with van der Waals surface area (Å²) in [5, 5.41) is 8.95. The number of nitrogens with zero attached hydrogens (tertiary/aromatic N) is 4. The Morgan fingerprint density at radius 2 is 1.76 bits per heavy atom. The van der Waals surface area contributed by atoms with Gasteiger partial charge in [-0.3, -0.25) is 4.79 Å². The van der Waals surface area contributed by atoms with Gasteiger partial charge in [0.15, 0.2) is 22.0 Å². The summed E-state index contributed by atoms with van der Waals surface area (Å²) in [7, 11) is -4.21. The van der Waals surface area contributed by atoms with Crippen LogP contribution in [0.15, 0.2) is 79.4 Å². The van der Waals surface area contributed by atoms with Crippen LogP contribution >= 0.6 is 0 Å². The first kappa shape index (κ1) is 21.9. The minimum absolute atomic E-state index is 0.264. The number of ether oxygens (including phenoxy) is 1. The number of amides is 1. The third-order valence-electron chi connectivity index (χ3n) is 6.36. The van der Waals surface area contributed by atoms with Crippen LogP contribution in [0.1, 0.15) is 23.7 Å². The zero-order chi connectivity index (χ0) is 23.9. The number of fused-ring (bicyclic) bond motifs is 1. The summed E-state index contributed by atoms with van der Waals surface area (Å²) in [6.07, 6.45) is 3.20. The minimum Gasteiger partial charge on any atom is -0.451 e. The lowest BCUT2D eigenvalue weighted by atomic mass is 9.95. The van der Waals surface area contributed by atoms with Gasteiger partial charge in [-0.1, -0.05) is 60.7 Å². The third kappa shape index (κ3) is 3.20. The van der Waals surface area contributed by atoms with E-state index in [0.717, 1.165) is 4.90 Å². The van der Waals surface area contributed by atoms with E-state index in [1.807, 2.05) is 18.2 Å². The average molecular weight is 477 g/mol. The van der Waals surface area contributed by atoms with Crippen molar-refractivity contribution in [3.63, 3.8) is 0 Å². The van der Waals surface area contributed by atoms with Crippen molar-refractivity contribution in [1.29, 1.82) is 5.26 Å². The van der Waals surface area contributed by atoms with Crippen LogP contribution in [0.5, 0.6) is 0 Å². The maximum absolute atomic E-state index is 13.7. The predicted molar refractivity (Wildman–Crippen MR) is 119 cm³/mol. The van der Waals surface area contributed by atoms with Crippen molar-refractivity contribution in [2.75, 3.05) is 0 Å². The third-order valence-corrected chi connectivity index (χ3v) is 8.93. The Hall–Kier alpha value is -3.97. The Balaban J connectivity index is 1.58. The van der Waals surface area contributed by atoms with Gasteiger partial charge in [0.25, 0.3) is 0 Å². The summed E-state index contributed by atoms with van der Waals surface area (Å²) in [5.74, 6) is -1.45. The Bertz CT molecular complexity index is 1330. The summed E-state index contributed by atoms with van der Waals surface area (Å²) in [4.78, 5) is 31.0. The first-order chi connectivity index (χ1) is 16.4. The fourth-order valence-corrected chi connectivity index (χ4v) is 7.01. The Labute approximate surface area is 196 Å². The van der Waals surface area contributed by atoms with Crippen LogP contribution < -0.4 is 0 Å². The molecular weight excluding hydrogens is 456 g/mol. The number of hydrogen-bond donors (Lipinski definition) is 0. The summed E-state index contributed by atoms with van der Waals surface area (Å²) in [5.41, 5.74) is 1.35. The maximum atomic E-state index is 13.7. The van der Waals surface area contributed by atoms with Crippen LogP contribution in [0.4, 0.5) is 0 Å². The standard InChI is InChI=1S/C24H20N4O5S/c25-14-24(15-27-12-11-26-16-27)22(28-19(29)13-20(28)34(24,31)32)23(30)33-21(17-7-3-1-4-8-17)18-9-5-2-6-10-18/h1-12,16,20-22H,13,15H2/t20?,22?,24-/m0/s1. The molecule has 3 heterocycles. The molecule has 2 aromatic carbocycles. The molecule has 0 bridgehead atoms. The number of rotatable bonds is 6. The molecule has 3 atom stereocenters. The predicted octanol–water partition coefficient (Wildman–Crippen LogP) is 1.83. The number of hydrogen-bond acceptors (Lipinski definition) is 7. The average Bonchev–Trinajstić information content (AvgIpc) is 3.41. The van der Waals surface area contributed by atoms with E-state index in [1.165, 1.54) is 23.3 Å². The number of carbonyl (C=O) groups excluding carboxylic acids is 2. The fourth-order valence-electron chi connectivity index (χ4n) is 4.65. The van der Waals surface area contributed by atoms with Crippen molar-refractivity contribution < 1.29 is 22.7 Å². The van der Waals surface area contributed by atoms with Gasteiger partial charge in [0.2, 0.25) is 10.7 Å². The highest BCUT2D eigenvalue weighted by Gasteiger charge is 2.73. The molecule has 2 aliphatic heterocycles. The fraction of sp³-hybridized carbons (Fsp3) is 0.250. The van der Waals surface area contributed by atoms with Crippen molar-refractivity contribution in [3.05, 3.63) is 90.5 Å². The molecule has 1 aromatic heterocycles. The van der Waals surface area contributed by atoms with Gasteiger partial charge in [0, 0.05) is 12.4 Å². The highest BCUT2D eigenvalue weighted by molar-refractivity contribution is 7.94. The number of β-lactam (4-membered cyclic amide) rings is 1. The summed E-state index contributed by atoms with van der Waals surface area (Å²) < 4.78 is 32.0. The minimum atomic E-state index is -4.21. The molecule has 10 heteroatoms. The van der Waals surface area contributed by atoms with E-state index < -0.39 is 44.0 Å². The van der Waals surface area contributed by atoms with E-state index in [2.05, 4.69) is 4.98 Å². The van der Waals surface area contributed by atoms with Crippen LogP contribution in [-0.2, 0) is 30.7 Å². The van der Waals surface area contributed by atoms with Gasteiger partial charge in [-0.25, -0.2) is 18.2 Å². The topological polar surface area (TPSA) is 122 Å². The molecule has 34 heavy (non-hydrogen) atoms. The summed E-state index contributed by atoms with van der Waals surface area (Å²) >= 11 is 0. The molecular formula is C24H20N4O5S. The molecule has 0 N–H and O–H groups in total. The molecule has 2 aliphatic rings. The first-order valence-corrected chi connectivity index (χ1v) is 12.2. The van der Waals surface area contributed by atoms with Crippen molar-refractivity contribution in [1.82, 2.24) is 14.5 Å². The van der Waals surface area contributed by atoms with Gasteiger partial charge in [0.05, 0.1) is 25.4 Å². The number of benzene rings is 2. The molecule has 9 nitrogen and oxygen atoms in total. The molecule has 0 saturated carbocycles. The largest absolute Gasteiger partial charge is 0.451 e. The van der Waals surface area contributed by atoms with Crippen LogP contribution in [0.25, 0.3) is 0 Å². The molecule has 5 rings (SSSR count). The molecule has 2 fully saturated rings. The van der Waals surface area contributed by atoms with Gasteiger partial charge in [0.1, 0.15) is 5.37 Å². The molecule has 3 aromatic rings. The van der Waals surface area contributed by atoms with Gasteiger partial charge in [-0.2, -0.15) is 5.26 Å². The van der Waals surface area contributed by atoms with Crippen molar-refractivity contribution >= 4 is 21.7 Å². The molecule has 172 valence electrons.